The molecular weight excluding hydrogens is 262 g/mol. The zero-order valence-corrected chi connectivity index (χ0v) is 14.7. The molecule has 1 aromatic rings. The lowest BCUT2D eigenvalue weighted by Gasteiger charge is -2.29. The highest BCUT2D eigenvalue weighted by molar-refractivity contribution is 5.42. The maximum atomic E-state index is 5.26. The number of aromatic nitrogens is 1. The maximum Gasteiger partial charge on any atom is 0.129 e. The summed E-state index contributed by atoms with van der Waals surface area (Å²) in [5, 5.41) is 3.51. The first-order valence-electron chi connectivity index (χ1n) is 7.75. The number of hydrogen-bond donors (Lipinski definition) is 1. The van der Waals surface area contributed by atoms with Gasteiger partial charge in [0.2, 0.25) is 0 Å². The van der Waals surface area contributed by atoms with Crippen molar-refractivity contribution in [2.75, 3.05) is 25.2 Å². The van der Waals surface area contributed by atoms with Crippen molar-refractivity contribution in [2.24, 2.45) is 0 Å². The van der Waals surface area contributed by atoms with Crippen molar-refractivity contribution in [2.45, 2.75) is 59.7 Å². The molecule has 4 nitrogen and oxygen atoms in total. The topological polar surface area (TPSA) is 37.4 Å². The average Bonchev–Trinajstić information content (AvgIpc) is 2.38. The highest BCUT2D eigenvalue weighted by Crippen LogP contribution is 2.18. The fourth-order valence-corrected chi connectivity index (χ4v) is 2.31. The molecule has 1 N–H and O–H groups in total. The molecule has 4 heteroatoms. The first kappa shape index (κ1) is 17.9. The van der Waals surface area contributed by atoms with E-state index in [1.54, 1.807) is 7.11 Å². The first-order chi connectivity index (χ1) is 9.78. The van der Waals surface area contributed by atoms with Gasteiger partial charge in [-0.15, -0.1) is 0 Å². The normalized spacial score (nSPS) is 13.3. The zero-order valence-electron chi connectivity index (χ0n) is 14.7. The van der Waals surface area contributed by atoms with Crippen LogP contribution in [0.3, 0.4) is 0 Å². The lowest BCUT2D eigenvalue weighted by Crippen LogP contribution is -2.37. The molecule has 0 aliphatic carbocycles. The molecule has 1 unspecified atom stereocenters. The molecule has 0 saturated carbocycles. The Labute approximate surface area is 129 Å². The molecule has 0 aliphatic heterocycles. The molecule has 0 amide bonds. The van der Waals surface area contributed by atoms with Crippen LogP contribution in [-0.2, 0) is 11.3 Å². The van der Waals surface area contributed by atoms with Crippen LogP contribution in [0, 0.1) is 6.92 Å². The van der Waals surface area contributed by atoms with Crippen LogP contribution < -0.4 is 10.2 Å². The van der Waals surface area contributed by atoms with E-state index in [1.807, 2.05) is 0 Å². The molecule has 1 atom stereocenters. The Kier molecular flexibility index (Phi) is 6.62. The summed E-state index contributed by atoms with van der Waals surface area (Å²) < 4.78 is 5.26. The molecule has 120 valence electrons. The van der Waals surface area contributed by atoms with Crippen molar-refractivity contribution in [3.05, 3.63) is 23.4 Å². The number of nitrogens with zero attached hydrogens (tertiary/aromatic N) is 2. The van der Waals surface area contributed by atoms with Crippen LogP contribution in [0.25, 0.3) is 0 Å². The van der Waals surface area contributed by atoms with Crippen LogP contribution in [0.1, 0.15) is 45.9 Å². The second-order valence-corrected chi connectivity index (χ2v) is 6.61. The minimum atomic E-state index is 0.119. The van der Waals surface area contributed by atoms with Crippen LogP contribution in [0.15, 0.2) is 12.1 Å². The van der Waals surface area contributed by atoms with Gasteiger partial charge in [-0.1, -0.05) is 6.07 Å². The number of nitrogens with one attached hydrogen (secondary N) is 1. The Morgan fingerprint density at radius 2 is 2.00 bits per heavy atom. The molecular formula is C17H31N3O. The molecule has 0 aliphatic rings. The molecule has 0 fully saturated rings. The van der Waals surface area contributed by atoms with E-state index in [0.717, 1.165) is 24.6 Å². The third-order valence-electron chi connectivity index (χ3n) is 3.56. The highest BCUT2D eigenvalue weighted by Gasteiger charge is 2.15. The van der Waals surface area contributed by atoms with Crippen LogP contribution in [0.4, 0.5) is 5.82 Å². The average molecular weight is 293 g/mol. The number of aryl methyl sites for hydroxylation is 1. The van der Waals surface area contributed by atoms with Crippen molar-refractivity contribution in [1.82, 2.24) is 10.3 Å². The second-order valence-electron chi connectivity index (χ2n) is 6.61. The number of ether oxygens (including phenoxy) is 1. The van der Waals surface area contributed by atoms with E-state index in [9.17, 15) is 0 Å². The molecule has 21 heavy (non-hydrogen) atoms. The summed E-state index contributed by atoms with van der Waals surface area (Å²) in [5.74, 6) is 1.03. The second kappa shape index (κ2) is 7.76. The lowest BCUT2D eigenvalue weighted by molar-refractivity contribution is 0.181. The van der Waals surface area contributed by atoms with Crippen molar-refractivity contribution < 1.29 is 4.74 Å². The summed E-state index contributed by atoms with van der Waals surface area (Å²) in [6.45, 7) is 15.4. The monoisotopic (exact) mass is 293 g/mol. The minimum Gasteiger partial charge on any atom is -0.383 e. The van der Waals surface area contributed by atoms with E-state index in [2.05, 4.69) is 63.9 Å². The quantitative estimate of drug-likeness (QED) is 0.838. The molecule has 0 saturated heterocycles. The maximum absolute atomic E-state index is 5.26. The fourth-order valence-electron chi connectivity index (χ4n) is 2.31. The van der Waals surface area contributed by atoms with Gasteiger partial charge in [0, 0.05) is 31.4 Å². The van der Waals surface area contributed by atoms with Gasteiger partial charge >= 0.3 is 0 Å². The van der Waals surface area contributed by atoms with Gasteiger partial charge in [-0.3, -0.25) is 0 Å². The van der Waals surface area contributed by atoms with E-state index in [-0.39, 0.29) is 5.54 Å². The SMILES string of the molecule is CCN(c1ccc(CNC(C)(C)C)c(C)n1)C(C)COC. The van der Waals surface area contributed by atoms with Crippen LogP contribution >= 0.6 is 0 Å². The van der Waals surface area contributed by atoms with Crippen LogP contribution in [-0.4, -0.2) is 36.8 Å². The van der Waals surface area contributed by atoms with Crippen LogP contribution in [0.5, 0.6) is 0 Å². The highest BCUT2D eigenvalue weighted by atomic mass is 16.5. The fraction of sp³-hybridized carbons (Fsp3) is 0.706. The van der Waals surface area contributed by atoms with Crippen molar-refractivity contribution in [3.8, 4) is 0 Å². The number of anilines is 1. The van der Waals surface area contributed by atoms with E-state index in [4.69, 9.17) is 9.72 Å². The van der Waals surface area contributed by atoms with E-state index < -0.39 is 0 Å². The summed E-state index contributed by atoms with van der Waals surface area (Å²) >= 11 is 0. The zero-order chi connectivity index (χ0) is 16.0. The van der Waals surface area contributed by atoms with Gasteiger partial charge < -0.3 is 15.0 Å². The lowest BCUT2D eigenvalue weighted by atomic mass is 10.1. The number of methoxy groups -OCH3 is 1. The van der Waals surface area contributed by atoms with Gasteiger partial charge in [-0.2, -0.15) is 0 Å². The predicted molar refractivity (Wildman–Crippen MR) is 89.9 cm³/mol. The Bertz CT molecular complexity index is 440. The number of pyridine rings is 1. The molecule has 0 bridgehead atoms. The van der Waals surface area contributed by atoms with Gasteiger partial charge in [0.1, 0.15) is 5.82 Å². The minimum absolute atomic E-state index is 0.119. The predicted octanol–water partition coefficient (Wildman–Crippen LogP) is 3.14. The van der Waals surface area contributed by atoms with Gasteiger partial charge in [0.05, 0.1) is 12.6 Å². The number of likely N-dealkylation sites (N-methyl/N-ethyl adjacent to an activating group) is 1. The van der Waals surface area contributed by atoms with Gasteiger partial charge in [-0.25, -0.2) is 4.98 Å². The molecule has 0 radical (unpaired) electrons. The summed E-state index contributed by atoms with van der Waals surface area (Å²) in [4.78, 5) is 7.05. The molecule has 1 aromatic heterocycles. The summed E-state index contributed by atoms with van der Waals surface area (Å²) in [6.07, 6.45) is 0. The standard InChI is InChI=1S/C17H31N3O/c1-8-20(13(2)12-21-7)16-10-9-15(14(3)19-16)11-18-17(4,5)6/h9-10,13,18H,8,11-12H2,1-7H3. The summed E-state index contributed by atoms with van der Waals surface area (Å²) in [6, 6.07) is 4.62. The Morgan fingerprint density at radius 3 is 2.48 bits per heavy atom. The Morgan fingerprint density at radius 1 is 1.33 bits per heavy atom. The molecule has 0 spiro atoms. The summed E-state index contributed by atoms with van der Waals surface area (Å²) in [7, 11) is 1.74. The van der Waals surface area contributed by atoms with E-state index in [0.29, 0.717) is 12.6 Å². The van der Waals surface area contributed by atoms with Gasteiger partial charge in [-0.05, 0) is 53.2 Å². The van der Waals surface area contributed by atoms with E-state index >= 15 is 0 Å². The Hall–Kier alpha value is -1.13. The first-order valence-corrected chi connectivity index (χ1v) is 7.75. The van der Waals surface area contributed by atoms with Crippen molar-refractivity contribution in [1.29, 1.82) is 0 Å². The van der Waals surface area contributed by atoms with Crippen LogP contribution in [0.2, 0.25) is 0 Å². The summed E-state index contributed by atoms with van der Waals surface area (Å²) in [5.41, 5.74) is 2.46. The molecule has 1 rings (SSSR count). The smallest absolute Gasteiger partial charge is 0.129 e. The van der Waals surface area contributed by atoms with Gasteiger partial charge in [0.25, 0.3) is 0 Å². The third kappa shape index (κ3) is 5.64. The Balaban J connectivity index is 2.85. The number of rotatable bonds is 7. The van der Waals surface area contributed by atoms with Crippen molar-refractivity contribution in [3.63, 3.8) is 0 Å². The molecule has 1 heterocycles. The van der Waals surface area contributed by atoms with E-state index in [1.165, 1.54) is 5.56 Å². The van der Waals surface area contributed by atoms with Gasteiger partial charge in [0.15, 0.2) is 0 Å². The largest absolute Gasteiger partial charge is 0.383 e. The third-order valence-corrected chi connectivity index (χ3v) is 3.56. The molecule has 0 aromatic carbocycles. The number of hydrogen-bond acceptors (Lipinski definition) is 4. The van der Waals surface area contributed by atoms with Crippen molar-refractivity contribution >= 4 is 5.82 Å².